The van der Waals surface area contributed by atoms with E-state index in [0.717, 1.165) is 28.3 Å². The van der Waals surface area contributed by atoms with E-state index < -0.39 is 0 Å². The molecule has 0 saturated carbocycles. The fraction of sp³-hybridized carbons (Fsp3) is 0.214. The highest BCUT2D eigenvalue weighted by atomic mass is 32.1. The zero-order chi connectivity index (χ0) is 13.8. The van der Waals surface area contributed by atoms with Gasteiger partial charge in [-0.1, -0.05) is 23.8 Å². The molecule has 1 aromatic carbocycles. The number of thiocarbonyl (C=S) groups is 1. The minimum atomic E-state index is 0.394. The summed E-state index contributed by atoms with van der Waals surface area (Å²) in [5.74, 6) is 0.762. The molecular weight excluding hydrogens is 256 g/mol. The van der Waals surface area contributed by atoms with Crippen LogP contribution >= 0.6 is 12.2 Å². The van der Waals surface area contributed by atoms with Crippen molar-refractivity contribution < 1.29 is 0 Å². The van der Waals surface area contributed by atoms with Gasteiger partial charge in [0, 0.05) is 17.4 Å². The number of hydrogen-bond donors (Lipinski definition) is 2. The highest BCUT2D eigenvalue weighted by Gasteiger charge is 2.05. The van der Waals surface area contributed by atoms with Gasteiger partial charge in [0.15, 0.2) is 0 Å². The second kappa shape index (κ2) is 5.75. The number of nitrogens with zero attached hydrogens (tertiary/aromatic N) is 2. The molecule has 0 atom stereocenters. The monoisotopic (exact) mass is 272 g/mol. The van der Waals surface area contributed by atoms with Crippen molar-refractivity contribution in [3.8, 4) is 0 Å². The van der Waals surface area contributed by atoms with Gasteiger partial charge in [-0.3, -0.25) is 0 Å². The molecule has 2 rings (SSSR count). The number of hydrogen-bond acceptors (Lipinski definition) is 4. The maximum atomic E-state index is 5.74. The van der Waals surface area contributed by atoms with E-state index in [1.807, 2.05) is 38.1 Å². The lowest BCUT2D eigenvalue weighted by atomic mass is 10.1. The highest BCUT2D eigenvalue weighted by molar-refractivity contribution is 7.80. The molecule has 0 spiro atoms. The van der Waals surface area contributed by atoms with Crippen molar-refractivity contribution in [2.75, 3.05) is 5.32 Å². The summed E-state index contributed by atoms with van der Waals surface area (Å²) in [6.45, 7) is 4.50. The fourth-order valence-electron chi connectivity index (χ4n) is 1.81. The number of aryl methyl sites for hydroxylation is 2. The van der Waals surface area contributed by atoms with Crippen LogP contribution in [0.1, 0.15) is 22.6 Å². The largest absolute Gasteiger partial charge is 0.389 e. The average Bonchev–Trinajstić information content (AvgIpc) is 2.37. The number of nitrogens with one attached hydrogen (secondary N) is 1. The van der Waals surface area contributed by atoms with Crippen LogP contribution in [-0.2, 0) is 6.54 Å². The maximum Gasteiger partial charge on any atom is 0.125 e. The van der Waals surface area contributed by atoms with Crippen molar-refractivity contribution in [3.63, 3.8) is 0 Å². The Kier molecular flexibility index (Phi) is 4.06. The minimum Gasteiger partial charge on any atom is -0.389 e. The third kappa shape index (κ3) is 3.48. The lowest BCUT2D eigenvalue weighted by Gasteiger charge is -2.12. The summed E-state index contributed by atoms with van der Waals surface area (Å²) in [5.41, 5.74) is 9.59. The van der Waals surface area contributed by atoms with Crippen LogP contribution in [0, 0.1) is 13.8 Å². The van der Waals surface area contributed by atoms with Gasteiger partial charge in [0.05, 0.1) is 12.2 Å². The van der Waals surface area contributed by atoms with Gasteiger partial charge in [-0.25, -0.2) is 9.97 Å². The molecule has 4 nitrogen and oxygen atoms in total. The van der Waals surface area contributed by atoms with Gasteiger partial charge in [0.1, 0.15) is 10.8 Å². The molecule has 0 aliphatic heterocycles. The van der Waals surface area contributed by atoms with Crippen molar-refractivity contribution >= 4 is 22.9 Å². The molecule has 0 bridgehead atoms. The molecule has 0 saturated heterocycles. The molecular formula is C14H16N4S. The van der Waals surface area contributed by atoms with Crippen LogP contribution in [0.4, 0.5) is 5.69 Å². The third-order valence-corrected chi connectivity index (χ3v) is 2.95. The number of aromatic nitrogens is 2. The Morgan fingerprint density at radius 3 is 2.79 bits per heavy atom. The second-order valence-electron chi connectivity index (χ2n) is 4.36. The van der Waals surface area contributed by atoms with E-state index in [-0.39, 0.29) is 0 Å². The van der Waals surface area contributed by atoms with E-state index >= 15 is 0 Å². The summed E-state index contributed by atoms with van der Waals surface area (Å²) in [4.78, 5) is 8.81. The molecule has 5 heteroatoms. The summed E-state index contributed by atoms with van der Waals surface area (Å²) < 4.78 is 0. The molecule has 0 unspecified atom stereocenters. The SMILES string of the molecule is Cc1ccc(NCc2ccnc(C)n2)c(C(N)=S)c1. The van der Waals surface area contributed by atoms with Crippen LogP contribution in [0.2, 0.25) is 0 Å². The first-order valence-corrected chi connectivity index (χ1v) is 6.40. The van der Waals surface area contributed by atoms with Crippen molar-refractivity contribution in [1.82, 2.24) is 9.97 Å². The Hall–Kier alpha value is -2.01. The summed E-state index contributed by atoms with van der Waals surface area (Å²) in [6, 6.07) is 7.87. The third-order valence-electron chi connectivity index (χ3n) is 2.73. The molecule has 0 amide bonds. The molecule has 1 aromatic heterocycles. The fourth-order valence-corrected chi connectivity index (χ4v) is 1.97. The van der Waals surface area contributed by atoms with Crippen molar-refractivity contribution in [3.05, 3.63) is 53.1 Å². The minimum absolute atomic E-state index is 0.394. The van der Waals surface area contributed by atoms with Crippen molar-refractivity contribution in [1.29, 1.82) is 0 Å². The first-order valence-electron chi connectivity index (χ1n) is 5.99. The molecule has 2 aromatic rings. The van der Waals surface area contributed by atoms with E-state index in [4.69, 9.17) is 18.0 Å². The summed E-state index contributed by atoms with van der Waals surface area (Å²) >= 11 is 5.07. The lowest BCUT2D eigenvalue weighted by molar-refractivity contribution is 0.955. The molecule has 1 heterocycles. The van der Waals surface area contributed by atoms with Gasteiger partial charge in [-0.15, -0.1) is 0 Å². The van der Waals surface area contributed by atoms with Gasteiger partial charge in [-0.2, -0.15) is 0 Å². The standard InChI is InChI=1S/C14H16N4S/c1-9-3-4-13(12(7-9)14(15)19)17-8-11-5-6-16-10(2)18-11/h3-7,17H,8H2,1-2H3,(H2,15,19). The summed E-state index contributed by atoms with van der Waals surface area (Å²) in [7, 11) is 0. The van der Waals surface area contributed by atoms with Crippen LogP contribution in [0.25, 0.3) is 0 Å². The van der Waals surface area contributed by atoms with E-state index in [1.54, 1.807) is 6.20 Å². The van der Waals surface area contributed by atoms with E-state index in [1.165, 1.54) is 0 Å². The maximum absolute atomic E-state index is 5.74. The topological polar surface area (TPSA) is 63.8 Å². The molecule has 0 aliphatic rings. The molecule has 0 radical (unpaired) electrons. The number of anilines is 1. The van der Waals surface area contributed by atoms with Gasteiger partial charge in [0.2, 0.25) is 0 Å². The molecule has 19 heavy (non-hydrogen) atoms. The van der Waals surface area contributed by atoms with Gasteiger partial charge in [0.25, 0.3) is 0 Å². The average molecular weight is 272 g/mol. The Bertz CT molecular complexity index is 610. The zero-order valence-electron chi connectivity index (χ0n) is 11.0. The highest BCUT2D eigenvalue weighted by Crippen LogP contribution is 2.18. The summed E-state index contributed by atoms with van der Waals surface area (Å²) in [5, 5.41) is 3.31. The van der Waals surface area contributed by atoms with Crippen LogP contribution in [0.15, 0.2) is 30.5 Å². The van der Waals surface area contributed by atoms with Gasteiger partial charge in [-0.05, 0) is 32.0 Å². The van der Waals surface area contributed by atoms with Gasteiger partial charge >= 0.3 is 0 Å². The normalized spacial score (nSPS) is 10.2. The lowest BCUT2D eigenvalue weighted by Crippen LogP contribution is -2.14. The Morgan fingerprint density at radius 1 is 1.32 bits per heavy atom. The zero-order valence-corrected chi connectivity index (χ0v) is 11.8. The Morgan fingerprint density at radius 2 is 2.11 bits per heavy atom. The summed E-state index contributed by atoms with van der Waals surface area (Å²) in [6.07, 6.45) is 1.75. The van der Waals surface area contributed by atoms with Crippen molar-refractivity contribution in [2.24, 2.45) is 5.73 Å². The van der Waals surface area contributed by atoms with Crippen LogP contribution in [-0.4, -0.2) is 15.0 Å². The van der Waals surface area contributed by atoms with E-state index in [9.17, 15) is 0 Å². The van der Waals surface area contributed by atoms with Crippen LogP contribution < -0.4 is 11.1 Å². The molecule has 3 N–H and O–H groups in total. The predicted molar refractivity (Wildman–Crippen MR) is 81.2 cm³/mol. The van der Waals surface area contributed by atoms with Crippen LogP contribution in [0.3, 0.4) is 0 Å². The Balaban J connectivity index is 2.17. The smallest absolute Gasteiger partial charge is 0.125 e. The Labute approximate surface area is 118 Å². The number of rotatable bonds is 4. The number of nitrogens with two attached hydrogens (primary N) is 1. The predicted octanol–water partition coefficient (Wildman–Crippen LogP) is 2.34. The van der Waals surface area contributed by atoms with Crippen molar-refractivity contribution in [2.45, 2.75) is 20.4 Å². The first-order chi connectivity index (χ1) is 9.06. The quantitative estimate of drug-likeness (QED) is 0.836. The van der Waals surface area contributed by atoms with Crippen LogP contribution in [0.5, 0.6) is 0 Å². The first kappa shape index (κ1) is 13.4. The van der Waals surface area contributed by atoms with Gasteiger partial charge < -0.3 is 11.1 Å². The molecule has 0 fully saturated rings. The molecule has 0 aliphatic carbocycles. The van der Waals surface area contributed by atoms with E-state index in [0.29, 0.717) is 11.5 Å². The molecule has 98 valence electrons. The second-order valence-corrected chi connectivity index (χ2v) is 4.80. The van der Waals surface area contributed by atoms with E-state index in [2.05, 4.69) is 15.3 Å². The number of benzene rings is 1.